The van der Waals surface area contributed by atoms with Crippen LogP contribution in [0.25, 0.3) is 0 Å². The molecule has 6 nitrogen and oxygen atoms in total. The van der Waals surface area contributed by atoms with Gasteiger partial charge in [0.2, 0.25) is 0 Å². The maximum Gasteiger partial charge on any atom is 0.295 e. The van der Waals surface area contributed by atoms with Crippen molar-refractivity contribution in [2.24, 2.45) is 5.41 Å². The molecule has 6 heteroatoms. The zero-order valence-corrected chi connectivity index (χ0v) is 10.9. The van der Waals surface area contributed by atoms with E-state index >= 15 is 0 Å². The SMILES string of the molecule is O=C(NCC1(Cn2cccn2)CC1)C(=O)c1ccco1. The largest absolute Gasteiger partial charge is 0.461 e. The third-order valence-corrected chi connectivity index (χ3v) is 3.59. The molecule has 1 fully saturated rings. The summed E-state index contributed by atoms with van der Waals surface area (Å²) in [6.07, 6.45) is 7.07. The Kier molecular flexibility index (Phi) is 3.14. The van der Waals surface area contributed by atoms with Crippen molar-refractivity contribution in [1.29, 1.82) is 0 Å². The molecule has 0 spiro atoms. The molecule has 0 aliphatic heterocycles. The lowest BCUT2D eigenvalue weighted by Gasteiger charge is -2.15. The fraction of sp³-hybridized carbons (Fsp3) is 0.357. The van der Waals surface area contributed by atoms with Crippen molar-refractivity contribution >= 4 is 11.7 Å². The van der Waals surface area contributed by atoms with E-state index in [1.165, 1.54) is 12.3 Å². The lowest BCUT2D eigenvalue weighted by molar-refractivity contribution is -0.117. The van der Waals surface area contributed by atoms with Crippen LogP contribution in [0.4, 0.5) is 0 Å². The van der Waals surface area contributed by atoms with Crippen LogP contribution >= 0.6 is 0 Å². The van der Waals surface area contributed by atoms with E-state index in [4.69, 9.17) is 4.42 Å². The first-order valence-corrected chi connectivity index (χ1v) is 6.52. The molecule has 2 aromatic rings. The minimum Gasteiger partial charge on any atom is -0.461 e. The van der Waals surface area contributed by atoms with Crippen LogP contribution in [0, 0.1) is 5.41 Å². The molecule has 20 heavy (non-hydrogen) atoms. The van der Waals surface area contributed by atoms with E-state index < -0.39 is 11.7 Å². The molecule has 2 aromatic heterocycles. The van der Waals surface area contributed by atoms with E-state index in [9.17, 15) is 9.59 Å². The maximum absolute atomic E-state index is 11.8. The number of rotatable bonds is 6. The zero-order chi connectivity index (χ0) is 14.0. The van der Waals surface area contributed by atoms with Crippen LogP contribution in [0.3, 0.4) is 0 Å². The number of carbonyl (C=O) groups is 2. The lowest BCUT2D eigenvalue weighted by Crippen LogP contribution is -2.36. The van der Waals surface area contributed by atoms with Gasteiger partial charge in [-0.3, -0.25) is 14.3 Å². The summed E-state index contributed by atoms with van der Waals surface area (Å²) in [6, 6.07) is 4.94. The molecule has 1 aliphatic rings. The quantitative estimate of drug-likeness (QED) is 0.635. The van der Waals surface area contributed by atoms with Gasteiger partial charge in [-0.15, -0.1) is 0 Å². The van der Waals surface area contributed by atoms with Gasteiger partial charge in [-0.05, 0) is 31.0 Å². The second-order valence-electron chi connectivity index (χ2n) is 5.19. The first-order chi connectivity index (χ1) is 9.69. The lowest BCUT2D eigenvalue weighted by atomic mass is 10.1. The van der Waals surface area contributed by atoms with E-state index in [1.54, 1.807) is 12.3 Å². The van der Waals surface area contributed by atoms with Crippen molar-refractivity contribution in [3.63, 3.8) is 0 Å². The molecule has 0 atom stereocenters. The van der Waals surface area contributed by atoms with Gasteiger partial charge in [0.1, 0.15) is 0 Å². The maximum atomic E-state index is 11.8. The number of nitrogens with one attached hydrogen (secondary N) is 1. The van der Waals surface area contributed by atoms with Gasteiger partial charge in [-0.2, -0.15) is 5.10 Å². The second kappa shape index (κ2) is 4.96. The topological polar surface area (TPSA) is 77.1 Å². The van der Waals surface area contributed by atoms with Crippen molar-refractivity contribution in [2.45, 2.75) is 19.4 Å². The standard InChI is InChI=1S/C14H15N3O3/c18-12(11-3-1-8-20-11)13(19)15-9-14(4-5-14)10-17-7-2-6-16-17/h1-3,6-8H,4-5,9-10H2,(H,15,19). The third-order valence-electron chi connectivity index (χ3n) is 3.59. The normalized spacial score (nSPS) is 15.8. The molecule has 1 aliphatic carbocycles. The smallest absolute Gasteiger partial charge is 0.295 e. The monoisotopic (exact) mass is 273 g/mol. The van der Waals surface area contributed by atoms with E-state index in [-0.39, 0.29) is 11.2 Å². The van der Waals surface area contributed by atoms with Gasteiger partial charge in [0.05, 0.1) is 6.26 Å². The van der Waals surface area contributed by atoms with Crippen molar-refractivity contribution in [2.75, 3.05) is 6.54 Å². The average molecular weight is 273 g/mol. The Labute approximate surface area is 115 Å². The molecule has 1 N–H and O–H groups in total. The summed E-state index contributed by atoms with van der Waals surface area (Å²) in [5.74, 6) is -1.18. The molecule has 0 radical (unpaired) electrons. The van der Waals surface area contributed by atoms with E-state index in [0.29, 0.717) is 6.54 Å². The highest BCUT2D eigenvalue weighted by atomic mass is 16.3. The van der Waals surface area contributed by atoms with E-state index in [2.05, 4.69) is 10.4 Å². The predicted octanol–water partition coefficient (Wildman–Crippen LogP) is 1.26. The summed E-state index contributed by atoms with van der Waals surface area (Å²) >= 11 is 0. The molecule has 0 aromatic carbocycles. The number of nitrogens with zero attached hydrogens (tertiary/aromatic N) is 2. The van der Waals surface area contributed by atoms with Crippen LogP contribution < -0.4 is 5.32 Å². The van der Waals surface area contributed by atoms with Crippen LogP contribution in [-0.2, 0) is 11.3 Å². The van der Waals surface area contributed by atoms with Gasteiger partial charge in [0.25, 0.3) is 11.7 Å². The van der Waals surface area contributed by atoms with Crippen LogP contribution in [0.5, 0.6) is 0 Å². The summed E-state index contributed by atoms with van der Waals surface area (Å²) < 4.78 is 6.78. The molecule has 2 heterocycles. The fourth-order valence-corrected chi connectivity index (χ4v) is 2.17. The van der Waals surface area contributed by atoms with Gasteiger partial charge in [0, 0.05) is 30.9 Å². The first kappa shape index (κ1) is 12.7. The molecule has 0 bridgehead atoms. The predicted molar refractivity (Wildman–Crippen MR) is 69.9 cm³/mol. The minimum absolute atomic E-state index is 0.0329. The first-order valence-electron chi connectivity index (χ1n) is 6.52. The molecule has 1 amide bonds. The van der Waals surface area contributed by atoms with Crippen LogP contribution in [-0.4, -0.2) is 28.0 Å². The summed E-state index contributed by atoms with van der Waals surface area (Å²) in [6.45, 7) is 1.24. The highest BCUT2D eigenvalue weighted by Crippen LogP contribution is 2.46. The highest BCUT2D eigenvalue weighted by Gasteiger charge is 2.43. The van der Waals surface area contributed by atoms with Crippen LogP contribution in [0.15, 0.2) is 41.3 Å². The molecule has 104 valence electrons. The number of furan rings is 1. The molecule has 1 saturated carbocycles. The van der Waals surface area contributed by atoms with Crippen LogP contribution in [0.2, 0.25) is 0 Å². The summed E-state index contributed by atoms with van der Waals surface area (Å²) in [4.78, 5) is 23.5. The van der Waals surface area contributed by atoms with Gasteiger partial charge in [-0.25, -0.2) is 0 Å². The Morgan fingerprint density at radius 1 is 1.40 bits per heavy atom. The molecular weight excluding hydrogens is 258 g/mol. The molecular formula is C14H15N3O3. The van der Waals surface area contributed by atoms with E-state index in [0.717, 1.165) is 19.4 Å². The zero-order valence-electron chi connectivity index (χ0n) is 10.9. The summed E-state index contributed by atoms with van der Waals surface area (Å²) in [5, 5.41) is 6.86. The number of amides is 1. The Hall–Kier alpha value is -2.37. The number of carbonyl (C=O) groups excluding carboxylic acids is 2. The van der Waals surface area contributed by atoms with Gasteiger partial charge < -0.3 is 9.73 Å². The van der Waals surface area contributed by atoms with Gasteiger partial charge in [0.15, 0.2) is 5.76 Å². The number of ketones is 1. The van der Waals surface area contributed by atoms with Crippen LogP contribution in [0.1, 0.15) is 23.4 Å². The second-order valence-corrected chi connectivity index (χ2v) is 5.19. The molecule has 0 unspecified atom stereocenters. The Balaban J connectivity index is 1.54. The Morgan fingerprint density at radius 2 is 2.25 bits per heavy atom. The van der Waals surface area contributed by atoms with Gasteiger partial charge in [-0.1, -0.05) is 0 Å². The number of hydrogen-bond acceptors (Lipinski definition) is 4. The number of Topliss-reactive ketones (excluding diaryl/α,β-unsaturated/α-hetero) is 1. The fourth-order valence-electron chi connectivity index (χ4n) is 2.17. The molecule has 0 saturated heterocycles. The number of aromatic nitrogens is 2. The van der Waals surface area contributed by atoms with Crippen molar-refractivity contribution in [3.8, 4) is 0 Å². The molecule has 3 rings (SSSR count). The Morgan fingerprint density at radius 3 is 2.85 bits per heavy atom. The van der Waals surface area contributed by atoms with Crippen molar-refractivity contribution in [3.05, 3.63) is 42.6 Å². The third kappa shape index (κ3) is 2.64. The number of hydrogen-bond donors (Lipinski definition) is 1. The summed E-state index contributed by atoms with van der Waals surface area (Å²) in [5.41, 5.74) is 0.0329. The highest BCUT2D eigenvalue weighted by molar-refractivity contribution is 6.42. The van der Waals surface area contributed by atoms with Gasteiger partial charge >= 0.3 is 0 Å². The minimum atomic E-state index is -0.634. The van der Waals surface area contributed by atoms with E-state index in [1.807, 2.05) is 16.9 Å². The van der Waals surface area contributed by atoms with Crippen molar-refractivity contribution < 1.29 is 14.0 Å². The Bertz CT molecular complexity index is 598. The average Bonchev–Trinajstić information content (AvgIpc) is 2.91. The summed E-state index contributed by atoms with van der Waals surface area (Å²) in [7, 11) is 0. The van der Waals surface area contributed by atoms with Crippen molar-refractivity contribution in [1.82, 2.24) is 15.1 Å².